The quantitative estimate of drug-likeness (QED) is 0.763. The van der Waals surface area contributed by atoms with Crippen LogP contribution in [0.1, 0.15) is 6.42 Å². The second-order valence-electron chi connectivity index (χ2n) is 5.23. The van der Waals surface area contributed by atoms with Crippen LogP contribution in [0.5, 0.6) is 0 Å². The van der Waals surface area contributed by atoms with Crippen molar-refractivity contribution in [3.8, 4) is 0 Å². The third-order valence-electron chi connectivity index (χ3n) is 3.72. The maximum Gasteiger partial charge on any atom is 0.225 e. The molecular weight excluding hydrogens is 270 g/mol. The van der Waals surface area contributed by atoms with Crippen LogP contribution in [0, 0.1) is 0 Å². The Labute approximate surface area is 125 Å². The minimum absolute atomic E-state index is 0.0181. The maximum absolute atomic E-state index is 11.9. The molecule has 1 aromatic rings. The van der Waals surface area contributed by atoms with E-state index >= 15 is 0 Å². The molecule has 6 nitrogen and oxygen atoms in total. The highest BCUT2D eigenvalue weighted by atomic mass is 16.5. The molecule has 2 atom stereocenters. The van der Waals surface area contributed by atoms with Gasteiger partial charge in [-0.05, 0) is 18.2 Å². The summed E-state index contributed by atoms with van der Waals surface area (Å²) in [5.41, 5.74) is 7.05. The molecule has 2 unspecified atom stereocenters. The monoisotopic (exact) mass is 293 g/mol. The van der Waals surface area contributed by atoms with Crippen molar-refractivity contribution < 1.29 is 14.3 Å². The molecule has 116 valence electrons. The normalized spacial score (nSPS) is 22.4. The third-order valence-corrected chi connectivity index (χ3v) is 3.72. The van der Waals surface area contributed by atoms with E-state index in [4.69, 9.17) is 15.2 Å². The molecule has 1 fully saturated rings. The Kier molecular flexibility index (Phi) is 5.55. The van der Waals surface area contributed by atoms with Crippen molar-refractivity contribution in [2.24, 2.45) is 0 Å². The molecule has 0 bridgehead atoms. The van der Waals surface area contributed by atoms with E-state index in [1.807, 2.05) is 12.1 Å². The van der Waals surface area contributed by atoms with Crippen molar-refractivity contribution in [3.63, 3.8) is 0 Å². The van der Waals surface area contributed by atoms with Crippen molar-refractivity contribution in [2.45, 2.75) is 18.6 Å². The predicted molar refractivity (Wildman–Crippen MR) is 82.1 cm³/mol. The lowest BCUT2D eigenvalue weighted by atomic mass is 10.2. The van der Waals surface area contributed by atoms with Gasteiger partial charge in [0.15, 0.2) is 0 Å². The van der Waals surface area contributed by atoms with Gasteiger partial charge in [-0.3, -0.25) is 9.69 Å². The number of carbonyl (C=O) groups is 1. The van der Waals surface area contributed by atoms with Crippen LogP contribution in [-0.2, 0) is 14.3 Å². The smallest absolute Gasteiger partial charge is 0.225 e. The predicted octanol–water partition coefficient (Wildman–Crippen LogP) is 0.943. The molecule has 1 heterocycles. The van der Waals surface area contributed by atoms with E-state index in [2.05, 4.69) is 10.2 Å². The molecule has 1 aromatic carbocycles. The van der Waals surface area contributed by atoms with Gasteiger partial charge in [0.25, 0.3) is 0 Å². The highest BCUT2D eigenvalue weighted by Gasteiger charge is 2.32. The van der Waals surface area contributed by atoms with Gasteiger partial charge in [0.2, 0.25) is 5.91 Å². The van der Waals surface area contributed by atoms with Crippen molar-refractivity contribution in [1.29, 1.82) is 0 Å². The fraction of sp³-hybridized carbons (Fsp3) is 0.533. The van der Waals surface area contributed by atoms with Crippen LogP contribution in [0.15, 0.2) is 24.3 Å². The highest BCUT2D eigenvalue weighted by molar-refractivity contribution is 5.91. The van der Waals surface area contributed by atoms with Crippen LogP contribution in [0.4, 0.5) is 11.4 Å². The van der Waals surface area contributed by atoms with E-state index in [0.29, 0.717) is 18.7 Å². The standard InChI is InChI=1S/C15H23N3O3/c1-20-13-9-18(10-14(13)21-2)7-6-15(19)17-12-5-3-4-11(16)8-12/h3-5,8,13-14H,6-7,9-10,16H2,1-2H3,(H,17,19). The molecule has 1 aliphatic rings. The Hall–Kier alpha value is -1.63. The van der Waals surface area contributed by atoms with E-state index in [9.17, 15) is 4.79 Å². The lowest BCUT2D eigenvalue weighted by Gasteiger charge is -2.14. The van der Waals surface area contributed by atoms with Crippen molar-refractivity contribution >= 4 is 17.3 Å². The Balaban J connectivity index is 1.77. The topological polar surface area (TPSA) is 76.8 Å². The molecule has 0 radical (unpaired) electrons. The van der Waals surface area contributed by atoms with Gasteiger partial charge < -0.3 is 20.5 Å². The Morgan fingerprint density at radius 2 is 2.00 bits per heavy atom. The number of methoxy groups -OCH3 is 2. The van der Waals surface area contributed by atoms with Gasteiger partial charge in [-0.1, -0.05) is 6.07 Å². The van der Waals surface area contributed by atoms with E-state index < -0.39 is 0 Å². The fourth-order valence-electron chi connectivity index (χ4n) is 2.55. The van der Waals surface area contributed by atoms with Crippen LogP contribution in [0.25, 0.3) is 0 Å². The number of likely N-dealkylation sites (tertiary alicyclic amines) is 1. The minimum atomic E-state index is -0.0181. The second kappa shape index (κ2) is 7.40. The number of hydrogen-bond acceptors (Lipinski definition) is 5. The van der Waals surface area contributed by atoms with Gasteiger partial charge in [-0.2, -0.15) is 0 Å². The number of ether oxygens (including phenoxy) is 2. The van der Waals surface area contributed by atoms with Crippen LogP contribution < -0.4 is 11.1 Å². The number of carbonyl (C=O) groups excluding carboxylic acids is 1. The van der Waals surface area contributed by atoms with Crippen LogP contribution in [-0.4, -0.2) is 56.9 Å². The average molecular weight is 293 g/mol. The number of anilines is 2. The first-order valence-corrected chi connectivity index (χ1v) is 7.05. The lowest BCUT2D eigenvalue weighted by Crippen LogP contribution is -2.27. The van der Waals surface area contributed by atoms with Crippen molar-refractivity contribution in [2.75, 3.05) is 44.9 Å². The first kappa shape index (κ1) is 15.8. The summed E-state index contributed by atoms with van der Waals surface area (Å²) >= 11 is 0. The summed E-state index contributed by atoms with van der Waals surface area (Å²) in [4.78, 5) is 14.1. The van der Waals surface area contributed by atoms with Gasteiger partial charge in [0, 0.05) is 51.6 Å². The third kappa shape index (κ3) is 4.42. The number of nitrogen functional groups attached to an aromatic ring is 1. The van der Waals surface area contributed by atoms with E-state index in [0.717, 1.165) is 18.8 Å². The zero-order valence-corrected chi connectivity index (χ0v) is 12.5. The van der Waals surface area contributed by atoms with Crippen molar-refractivity contribution in [3.05, 3.63) is 24.3 Å². The molecule has 0 saturated carbocycles. The number of nitrogens with zero attached hydrogens (tertiary/aromatic N) is 1. The van der Waals surface area contributed by atoms with Gasteiger partial charge in [0.05, 0.1) is 12.2 Å². The SMILES string of the molecule is COC1CN(CCC(=O)Nc2cccc(N)c2)CC1OC. The van der Waals surface area contributed by atoms with Crippen LogP contribution in [0.2, 0.25) is 0 Å². The maximum atomic E-state index is 11.9. The highest BCUT2D eigenvalue weighted by Crippen LogP contribution is 2.16. The molecule has 0 aromatic heterocycles. The molecule has 0 aliphatic carbocycles. The number of nitrogens with two attached hydrogens (primary N) is 1. The number of hydrogen-bond donors (Lipinski definition) is 2. The lowest BCUT2D eigenvalue weighted by molar-refractivity contribution is -0.116. The zero-order valence-electron chi connectivity index (χ0n) is 12.5. The molecule has 21 heavy (non-hydrogen) atoms. The number of nitrogens with one attached hydrogen (secondary N) is 1. The van der Waals surface area contributed by atoms with E-state index in [-0.39, 0.29) is 18.1 Å². The van der Waals surface area contributed by atoms with Gasteiger partial charge >= 0.3 is 0 Å². The summed E-state index contributed by atoms with van der Waals surface area (Å²) in [5, 5.41) is 2.85. The van der Waals surface area contributed by atoms with Gasteiger partial charge in [0.1, 0.15) is 0 Å². The molecule has 6 heteroatoms. The minimum Gasteiger partial charge on any atom is -0.399 e. The van der Waals surface area contributed by atoms with Crippen LogP contribution in [0.3, 0.4) is 0 Å². The summed E-state index contributed by atoms with van der Waals surface area (Å²) < 4.78 is 10.8. The average Bonchev–Trinajstić information content (AvgIpc) is 2.87. The summed E-state index contributed by atoms with van der Waals surface area (Å²) in [6.07, 6.45) is 0.584. The Bertz CT molecular complexity index is 469. The largest absolute Gasteiger partial charge is 0.399 e. The molecule has 3 N–H and O–H groups in total. The molecule has 0 spiro atoms. The number of rotatable bonds is 6. The van der Waals surface area contributed by atoms with Gasteiger partial charge in [-0.25, -0.2) is 0 Å². The van der Waals surface area contributed by atoms with Crippen LogP contribution >= 0.6 is 0 Å². The fourth-order valence-corrected chi connectivity index (χ4v) is 2.55. The zero-order chi connectivity index (χ0) is 15.2. The van der Waals surface area contributed by atoms with E-state index in [1.165, 1.54) is 0 Å². The number of amides is 1. The van der Waals surface area contributed by atoms with Gasteiger partial charge in [-0.15, -0.1) is 0 Å². The second-order valence-corrected chi connectivity index (χ2v) is 5.23. The summed E-state index contributed by atoms with van der Waals surface area (Å²) in [6.45, 7) is 2.27. The molecule has 1 saturated heterocycles. The molecule has 2 rings (SSSR count). The Morgan fingerprint density at radius 3 is 2.57 bits per heavy atom. The first-order chi connectivity index (χ1) is 10.1. The summed E-state index contributed by atoms with van der Waals surface area (Å²) in [5.74, 6) is -0.0181. The molecule has 1 aliphatic heterocycles. The molecular formula is C15H23N3O3. The first-order valence-electron chi connectivity index (χ1n) is 7.05. The molecule has 1 amide bonds. The van der Waals surface area contributed by atoms with Crippen molar-refractivity contribution in [1.82, 2.24) is 4.90 Å². The summed E-state index contributed by atoms with van der Waals surface area (Å²) in [7, 11) is 3.37. The number of benzene rings is 1. The summed E-state index contributed by atoms with van der Waals surface area (Å²) in [6, 6.07) is 7.18. The van der Waals surface area contributed by atoms with E-state index in [1.54, 1.807) is 26.4 Å². The Morgan fingerprint density at radius 1 is 1.33 bits per heavy atom.